The number of ether oxygens (including phenoxy) is 3. The molecule has 0 radical (unpaired) electrons. The van der Waals surface area contributed by atoms with Crippen molar-refractivity contribution < 1.29 is 28.7 Å². The molecule has 0 unspecified atom stereocenters. The van der Waals surface area contributed by atoms with Crippen LogP contribution in [0.1, 0.15) is 25.0 Å². The van der Waals surface area contributed by atoms with Crippen LogP contribution in [0.15, 0.2) is 36.0 Å². The molecule has 1 aliphatic rings. The number of rotatable bonds is 5. The second-order valence-electron chi connectivity index (χ2n) is 6.44. The van der Waals surface area contributed by atoms with Crippen LogP contribution in [0.3, 0.4) is 0 Å². The van der Waals surface area contributed by atoms with Crippen molar-refractivity contribution in [3.05, 3.63) is 57.3 Å². The third kappa shape index (κ3) is 4.00. The molecule has 0 bridgehead atoms. The van der Waals surface area contributed by atoms with Crippen LogP contribution in [0.25, 0.3) is 6.08 Å². The number of nitro groups is 1. The van der Waals surface area contributed by atoms with Gasteiger partial charge in [0.1, 0.15) is 11.3 Å². The first-order chi connectivity index (χ1) is 13.2. The van der Waals surface area contributed by atoms with E-state index in [4.69, 9.17) is 14.2 Å². The standard InChI is InChI=1S/C18H17N3O7/c1-18(2)27-16(22)13(17(23)28-18)9-11-4-5-14(26-3)12(8-11)10-20-7-6-15(19-20)21(24)25/h4-9H,10H2,1-3H3. The third-order valence-electron chi connectivity index (χ3n) is 3.88. The normalized spacial score (nSPS) is 15.6. The SMILES string of the molecule is COc1ccc(C=C2C(=O)OC(C)(C)OC2=O)cc1Cn1ccc([N+](=O)[O-])n1. The Labute approximate surface area is 159 Å². The summed E-state index contributed by atoms with van der Waals surface area (Å²) < 4.78 is 16.8. The Hall–Kier alpha value is -3.69. The van der Waals surface area contributed by atoms with Gasteiger partial charge in [0.25, 0.3) is 5.79 Å². The zero-order valence-corrected chi connectivity index (χ0v) is 15.4. The maximum Gasteiger partial charge on any atom is 0.389 e. The summed E-state index contributed by atoms with van der Waals surface area (Å²) in [5, 5.41) is 14.6. The van der Waals surface area contributed by atoms with Crippen molar-refractivity contribution in [3.63, 3.8) is 0 Å². The van der Waals surface area contributed by atoms with Gasteiger partial charge in [0.05, 0.1) is 31.0 Å². The number of carbonyl (C=O) groups is 2. The minimum Gasteiger partial charge on any atom is -0.496 e. The summed E-state index contributed by atoms with van der Waals surface area (Å²) in [4.78, 5) is 34.4. The Morgan fingerprint density at radius 2 is 1.93 bits per heavy atom. The Morgan fingerprint density at radius 3 is 2.50 bits per heavy atom. The Morgan fingerprint density at radius 1 is 1.25 bits per heavy atom. The van der Waals surface area contributed by atoms with Crippen LogP contribution in [0.4, 0.5) is 5.82 Å². The molecule has 1 aliphatic heterocycles. The minimum absolute atomic E-state index is 0.190. The summed E-state index contributed by atoms with van der Waals surface area (Å²) in [6.07, 6.45) is 2.83. The molecule has 1 fully saturated rings. The van der Waals surface area contributed by atoms with Gasteiger partial charge in [0, 0.05) is 19.4 Å². The number of nitrogens with zero attached hydrogens (tertiary/aromatic N) is 3. The lowest BCUT2D eigenvalue weighted by Crippen LogP contribution is -2.41. The van der Waals surface area contributed by atoms with E-state index in [0.717, 1.165) is 0 Å². The van der Waals surface area contributed by atoms with Gasteiger partial charge in [-0.2, -0.15) is 4.68 Å². The number of cyclic esters (lactones) is 2. The molecule has 10 nitrogen and oxygen atoms in total. The Kier molecular flexibility index (Phi) is 4.87. The van der Waals surface area contributed by atoms with E-state index in [-0.39, 0.29) is 17.9 Å². The van der Waals surface area contributed by atoms with Crippen LogP contribution in [0, 0.1) is 10.1 Å². The molecule has 1 saturated heterocycles. The maximum atomic E-state index is 12.1. The van der Waals surface area contributed by atoms with Gasteiger partial charge >= 0.3 is 17.8 Å². The van der Waals surface area contributed by atoms with Crippen LogP contribution < -0.4 is 4.74 Å². The highest BCUT2D eigenvalue weighted by atomic mass is 16.7. The summed E-state index contributed by atoms with van der Waals surface area (Å²) in [5.74, 6) is -2.61. The molecule has 2 heterocycles. The Balaban J connectivity index is 1.91. The number of methoxy groups -OCH3 is 1. The molecule has 0 atom stereocenters. The van der Waals surface area contributed by atoms with Gasteiger partial charge < -0.3 is 24.3 Å². The number of carbonyl (C=O) groups excluding carboxylic acids is 2. The first kappa shape index (κ1) is 19.1. The van der Waals surface area contributed by atoms with Gasteiger partial charge in [0.2, 0.25) is 0 Å². The zero-order valence-electron chi connectivity index (χ0n) is 15.4. The van der Waals surface area contributed by atoms with E-state index >= 15 is 0 Å². The first-order valence-electron chi connectivity index (χ1n) is 8.21. The quantitative estimate of drug-likeness (QED) is 0.251. The highest BCUT2D eigenvalue weighted by molar-refractivity contribution is 6.18. The molecule has 0 N–H and O–H groups in total. The summed E-state index contributed by atoms with van der Waals surface area (Å²) in [7, 11) is 1.49. The van der Waals surface area contributed by atoms with Crippen LogP contribution in [0.5, 0.6) is 5.75 Å². The summed E-state index contributed by atoms with van der Waals surface area (Å²) in [6, 6.07) is 6.28. The van der Waals surface area contributed by atoms with Crippen LogP contribution in [0.2, 0.25) is 0 Å². The third-order valence-corrected chi connectivity index (χ3v) is 3.88. The van der Waals surface area contributed by atoms with Crippen molar-refractivity contribution in [2.75, 3.05) is 7.11 Å². The van der Waals surface area contributed by atoms with E-state index in [2.05, 4.69) is 5.10 Å². The van der Waals surface area contributed by atoms with E-state index in [1.807, 2.05) is 0 Å². The fraction of sp³-hybridized carbons (Fsp3) is 0.278. The van der Waals surface area contributed by atoms with Gasteiger partial charge in [-0.05, 0) is 28.7 Å². The van der Waals surface area contributed by atoms with Crippen molar-refractivity contribution in [2.45, 2.75) is 26.2 Å². The molecule has 0 spiro atoms. The molecule has 0 amide bonds. The average Bonchev–Trinajstić information content (AvgIpc) is 3.06. The predicted octanol–water partition coefficient (Wildman–Crippen LogP) is 2.07. The van der Waals surface area contributed by atoms with Crippen LogP contribution in [-0.2, 0) is 25.6 Å². The number of hydrogen-bond acceptors (Lipinski definition) is 8. The lowest BCUT2D eigenvalue weighted by atomic mass is 10.1. The topological polar surface area (TPSA) is 123 Å². The molecule has 1 aromatic heterocycles. The van der Waals surface area contributed by atoms with Gasteiger partial charge in [-0.25, -0.2) is 9.59 Å². The zero-order chi connectivity index (χ0) is 20.5. The predicted molar refractivity (Wildman–Crippen MR) is 95.2 cm³/mol. The van der Waals surface area contributed by atoms with Crippen LogP contribution >= 0.6 is 0 Å². The summed E-state index contributed by atoms with van der Waals surface area (Å²) >= 11 is 0. The highest BCUT2D eigenvalue weighted by Gasteiger charge is 2.38. The monoisotopic (exact) mass is 387 g/mol. The number of benzene rings is 1. The van der Waals surface area contributed by atoms with E-state index in [1.165, 1.54) is 44.0 Å². The van der Waals surface area contributed by atoms with E-state index in [0.29, 0.717) is 16.9 Å². The van der Waals surface area contributed by atoms with Crippen molar-refractivity contribution in [2.24, 2.45) is 0 Å². The van der Waals surface area contributed by atoms with Gasteiger partial charge in [0.15, 0.2) is 0 Å². The number of esters is 2. The summed E-state index contributed by atoms with van der Waals surface area (Å²) in [5.41, 5.74) is 0.943. The molecule has 2 aromatic rings. The fourth-order valence-electron chi connectivity index (χ4n) is 2.67. The van der Waals surface area contributed by atoms with Crippen molar-refractivity contribution in [3.8, 4) is 5.75 Å². The first-order valence-corrected chi connectivity index (χ1v) is 8.21. The molecule has 0 aliphatic carbocycles. The van der Waals surface area contributed by atoms with Gasteiger partial charge in [-0.15, -0.1) is 0 Å². The summed E-state index contributed by atoms with van der Waals surface area (Å²) in [6.45, 7) is 3.12. The molecule has 10 heteroatoms. The lowest BCUT2D eigenvalue weighted by molar-refractivity contribution is -0.389. The number of aromatic nitrogens is 2. The number of hydrogen-bond donors (Lipinski definition) is 0. The molecular formula is C18H17N3O7. The molecule has 0 saturated carbocycles. The van der Waals surface area contributed by atoms with E-state index in [9.17, 15) is 19.7 Å². The molecule has 28 heavy (non-hydrogen) atoms. The molecule has 1 aromatic carbocycles. The fourth-order valence-corrected chi connectivity index (χ4v) is 2.67. The van der Waals surface area contributed by atoms with E-state index < -0.39 is 22.6 Å². The van der Waals surface area contributed by atoms with E-state index in [1.54, 1.807) is 18.2 Å². The smallest absolute Gasteiger partial charge is 0.389 e. The van der Waals surface area contributed by atoms with Crippen molar-refractivity contribution in [1.29, 1.82) is 0 Å². The minimum atomic E-state index is -1.31. The maximum absolute atomic E-state index is 12.1. The van der Waals surface area contributed by atoms with Gasteiger partial charge in [-0.1, -0.05) is 6.07 Å². The molecule has 3 rings (SSSR count). The average molecular weight is 387 g/mol. The molecular weight excluding hydrogens is 370 g/mol. The largest absolute Gasteiger partial charge is 0.496 e. The lowest BCUT2D eigenvalue weighted by Gasteiger charge is -2.29. The Bertz CT molecular complexity index is 969. The van der Waals surface area contributed by atoms with Crippen molar-refractivity contribution >= 4 is 23.8 Å². The molecule has 146 valence electrons. The van der Waals surface area contributed by atoms with Crippen molar-refractivity contribution in [1.82, 2.24) is 9.78 Å². The van der Waals surface area contributed by atoms with Crippen LogP contribution in [-0.4, -0.2) is 39.5 Å². The second kappa shape index (κ2) is 7.14. The van der Waals surface area contributed by atoms with Gasteiger partial charge in [-0.3, -0.25) is 0 Å². The highest BCUT2D eigenvalue weighted by Crippen LogP contribution is 2.26. The second-order valence-corrected chi connectivity index (χ2v) is 6.44.